The fraction of sp³-hybridized carbons (Fsp3) is 0.576. The molecule has 2 atom stereocenters. The molecule has 208 valence electrons. The highest BCUT2D eigenvalue weighted by Crippen LogP contribution is 2.23. The Morgan fingerprint density at radius 1 is 1.03 bits per heavy atom. The molecule has 3 rings (SSSR count). The van der Waals surface area contributed by atoms with Crippen LogP contribution >= 0.6 is 0 Å². The molecule has 1 fully saturated rings. The minimum absolute atomic E-state index is 0.0673. The molecular weight excluding hydrogens is 470 g/mol. The Labute approximate surface area is 230 Å². The molecule has 0 saturated carbocycles. The maximum atomic E-state index is 12.8. The molecule has 5 nitrogen and oxygen atoms in total. The van der Waals surface area contributed by atoms with E-state index >= 15 is 0 Å². The summed E-state index contributed by atoms with van der Waals surface area (Å²) in [7, 11) is 0. The van der Waals surface area contributed by atoms with Crippen molar-refractivity contribution in [2.75, 3.05) is 18.4 Å². The summed E-state index contributed by atoms with van der Waals surface area (Å²) in [6, 6.07) is 16.9. The second kappa shape index (κ2) is 14.5. The van der Waals surface area contributed by atoms with Crippen molar-refractivity contribution in [3.8, 4) is 0 Å². The number of rotatable bonds is 12. The average molecular weight is 520 g/mol. The third kappa shape index (κ3) is 9.58. The number of anilines is 1. The van der Waals surface area contributed by atoms with Gasteiger partial charge in [-0.2, -0.15) is 0 Å². The Morgan fingerprint density at radius 2 is 1.79 bits per heavy atom. The van der Waals surface area contributed by atoms with Crippen LogP contribution < -0.4 is 10.6 Å². The van der Waals surface area contributed by atoms with Crippen molar-refractivity contribution in [2.45, 2.75) is 110 Å². The van der Waals surface area contributed by atoms with E-state index in [4.69, 9.17) is 0 Å². The van der Waals surface area contributed by atoms with E-state index in [-0.39, 0.29) is 11.3 Å². The van der Waals surface area contributed by atoms with E-state index in [0.29, 0.717) is 23.6 Å². The molecule has 0 aromatic heterocycles. The van der Waals surface area contributed by atoms with Crippen LogP contribution in [-0.4, -0.2) is 41.9 Å². The smallest absolute Gasteiger partial charge is 0.255 e. The molecule has 2 N–H and O–H groups in total. The monoisotopic (exact) mass is 519 g/mol. The van der Waals surface area contributed by atoms with Crippen LogP contribution in [0.2, 0.25) is 0 Å². The number of amides is 2. The van der Waals surface area contributed by atoms with Crippen LogP contribution in [0.5, 0.6) is 0 Å². The Bertz CT molecular complexity index is 1030. The maximum absolute atomic E-state index is 12.8. The quantitative estimate of drug-likeness (QED) is 0.294. The van der Waals surface area contributed by atoms with Gasteiger partial charge >= 0.3 is 0 Å². The fourth-order valence-electron chi connectivity index (χ4n) is 5.29. The van der Waals surface area contributed by atoms with Gasteiger partial charge in [-0.1, -0.05) is 64.8 Å². The molecule has 38 heavy (non-hydrogen) atoms. The van der Waals surface area contributed by atoms with E-state index in [2.05, 4.69) is 62.3 Å². The molecule has 2 amide bonds. The molecule has 1 aliphatic rings. The van der Waals surface area contributed by atoms with Crippen LogP contribution in [0, 0.1) is 0 Å². The third-order valence-corrected chi connectivity index (χ3v) is 7.65. The van der Waals surface area contributed by atoms with Gasteiger partial charge < -0.3 is 15.5 Å². The molecule has 0 radical (unpaired) electrons. The van der Waals surface area contributed by atoms with Gasteiger partial charge in [0.2, 0.25) is 5.91 Å². The Kier molecular flexibility index (Phi) is 11.4. The molecule has 2 unspecified atom stereocenters. The number of nitrogens with one attached hydrogen (secondary N) is 2. The summed E-state index contributed by atoms with van der Waals surface area (Å²) in [5.74, 6) is 0.264. The molecule has 1 saturated heterocycles. The predicted molar refractivity (Wildman–Crippen MR) is 159 cm³/mol. The number of likely N-dealkylation sites (tertiary alicyclic amines) is 1. The van der Waals surface area contributed by atoms with Gasteiger partial charge in [0.25, 0.3) is 5.91 Å². The largest absolute Gasteiger partial charge is 0.343 e. The van der Waals surface area contributed by atoms with Crippen LogP contribution in [0.3, 0.4) is 0 Å². The highest BCUT2D eigenvalue weighted by atomic mass is 16.2. The first-order valence-corrected chi connectivity index (χ1v) is 14.7. The normalized spacial score (nSPS) is 16.1. The summed E-state index contributed by atoms with van der Waals surface area (Å²) in [6.07, 6.45) is 9.47. The molecule has 0 bridgehead atoms. The van der Waals surface area contributed by atoms with Crippen LogP contribution in [0.25, 0.3) is 0 Å². The molecule has 1 heterocycles. The second-order valence-corrected chi connectivity index (χ2v) is 12.0. The van der Waals surface area contributed by atoms with Crippen molar-refractivity contribution in [2.24, 2.45) is 0 Å². The van der Waals surface area contributed by atoms with Gasteiger partial charge in [-0.3, -0.25) is 9.59 Å². The van der Waals surface area contributed by atoms with Crippen molar-refractivity contribution >= 4 is 17.5 Å². The van der Waals surface area contributed by atoms with Crippen molar-refractivity contribution in [3.05, 3.63) is 65.2 Å². The first-order valence-electron chi connectivity index (χ1n) is 14.7. The Hall–Kier alpha value is -2.66. The van der Waals surface area contributed by atoms with E-state index in [1.165, 1.54) is 17.5 Å². The van der Waals surface area contributed by atoms with E-state index in [9.17, 15) is 9.59 Å². The van der Waals surface area contributed by atoms with E-state index in [0.717, 1.165) is 70.1 Å². The molecule has 0 spiro atoms. The molecule has 0 aliphatic carbocycles. The van der Waals surface area contributed by atoms with Crippen LogP contribution in [0.1, 0.15) is 107 Å². The first kappa shape index (κ1) is 29.9. The lowest BCUT2D eigenvalue weighted by Gasteiger charge is -2.24. The van der Waals surface area contributed by atoms with Gasteiger partial charge in [-0.05, 0) is 86.3 Å². The van der Waals surface area contributed by atoms with E-state index in [1.54, 1.807) is 0 Å². The highest BCUT2D eigenvalue weighted by Gasteiger charge is 2.17. The second-order valence-electron chi connectivity index (χ2n) is 12.0. The number of unbranched alkanes of at least 4 members (excludes halogenated alkanes) is 1. The minimum Gasteiger partial charge on any atom is -0.343 e. The summed E-state index contributed by atoms with van der Waals surface area (Å²) in [6.45, 7) is 12.8. The van der Waals surface area contributed by atoms with Gasteiger partial charge in [-0.15, -0.1) is 0 Å². The summed E-state index contributed by atoms with van der Waals surface area (Å²) in [5, 5.41) is 6.87. The summed E-state index contributed by atoms with van der Waals surface area (Å²) in [4.78, 5) is 27.1. The highest BCUT2D eigenvalue weighted by molar-refractivity contribution is 6.04. The lowest BCUT2D eigenvalue weighted by molar-refractivity contribution is -0.130. The van der Waals surface area contributed by atoms with Crippen molar-refractivity contribution < 1.29 is 9.59 Å². The summed E-state index contributed by atoms with van der Waals surface area (Å²) in [5.41, 5.74) is 3.99. The van der Waals surface area contributed by atoms with Gasteiger partial charge in [0.1, 0.15) is 0 Å². The zero-order valence-electron chi connectivity index (χ0n) is 24.3. The third-order valence-electron chi connectivity index (χ3n) is 7.65. The molecule has 5 heteroatoms. The van der Waals surface area contributed by atoms with Gasteiger partial charge in [0.15, 0.2) is 0 Å². The van der Waals surface area contributed by atoms with Gasteiger partial charge in [0, 0.05) is 42.8 Å². The van der Waals surface area contributed by atoms with Crippen molar-refractivity contribution in [1.29, 1.82) is 0 Å². The van der Waals surface area contributed by atoms with Crippen LogP contribution in [0.15, 0.2) is 48.5 Å². The standard InChI is InChI=1S/C33H49N3O2/c1-6-29(14-9-11-22-36-21-10-7-8-16-31(36)37)34-25(2)23-26-13-12-15-30(24-26)35-32(38)27-17-19-28(20-18-27)33(3,4)5/h12-13,15,17-20,24-25,29,34H,6-11,14,16,21-23H2,1-5H3,(H,35,38). The molecule has 2 aromatic carbocycles. The van der Waals surface area contributed by atoms with Gasteiger partial charge in [-0.25, -0.2) is 0 Å². The zero-order valence-corrected chi connectivity index (χ0v) is 24.3. The first-order chi connectivity index (χ1) is 18.2. The number of benzene rings is 2. The number of nitrogens with zero attached hydrogens (tertiary/aromatic N) is 1. The van der Waals surface area contributed by atoms with Gasteiger partial charge in [0.05, 0.1) is 0 Å². The number of carbonyl (C=O) groups excluding carboxylic acids is 2. The lowest BCUT2D eigenvalue weighted by Crippen LogP contribution is -2.37. The topological polar surface area (TPSA) is 61.4 Å². The summed E-state index contributed by atoms with van der Waals surface area (Å²) < 4.78 is 0. The molecule has 2 aromatic rings. The Balaban J connectivity index is 1.45. The lowest BCUT2D eigenvalue weighted by atomic mass is 9.87. The maximum Gasteiger partial charge on any atom is 0.255 e. The molecule has 1 aliphatic heterocycles. The Morgan fingerprint density at radius 3 is 2.50 bits per heavy atom. The number of carbonyl (C=O) groups is 2. The van der Waals surface area contributed by atoms with E-state index < -0.39 is 0 Å². The number of hydrogen-bond donors (Lipinski definition) is 2. The van der Waals surface area contributed by atoms with Crippen LogP contribution in [0.4, 0.5) is 5.69 Å². The molecular formula is C33H49N3O2. The summed E-state index contributed by atoms with van der Waals surface area (Å²) >= 11 is 0. The van der Waals surface area contributed by atoms with E-state index in [1.807, 2.05) is 36.4 Å². The SMILES string of the molecule is CCC(CCCCN1CCCCCC1=O)NC(C)Cc1cccc(NC(=O)c2ccc(C(C)(C)C)cc2)c1. The van der Waals surface area contributed by atoms with Crippen molar-refractivity contribution in [3.63, 3.8) is 0 Å². The number of hydrogen-bond acceptors (Lipinski definition) is 3. The average Bonchev–Trinajstić information content (AvgIpc) is 3.09. The fourth-order valence-corrected chi connectivity index (χ4v) is 5.29. The minimum atomic E-state index is -0.0818. The van der Waals surface area contributed by atoms with Crippen molar-refractivity contribution in [1.82, 2.24) is 10.2 Å². The zero-order chi connectivity index (χ0) is 27.5. The van der Waals surface area contributed by atoms with Crippen LogP contribution in [-0.2, 0) is 16.6 Å². The predicted octanol–water partition coefficient (Wildman–Crippen LogP) is 7.11.